The van der Waals surface area contributed by atoms with Crippen LogP contribution in [-0.2, 0) is 9.53 Å². The van der Waals surface area contributed by atoms with E-state index in [1.165, 1.54) is 6.42 Å². The van der Waals surface area contributed by atoms with E-state index in [-0.39, 0.29) is 23.8 Å². The first-order chi connectivity index (χ1) is 12.6. The Morgan fingerprint density at radius 1 is 1.15 bits per heavy atom. The third kappa shape index (κ3) is 4.43. The van der Waals surface area contributed by atoms with Crippen molar-refractivity contribution in [2.75, 3.05) is 25.1 Å². The molecule has 0 aromatic heterocycles. The quantitative estimate of drug-likeness (QED) is 0.864. The average molecular weight is 359 g/mol. The lowest BCUT2D eigenvalue weighted by atomic mass is 9.92. The minimum absolute atomic E-state index is 0.0639. The van der Waals surface area contributed by atoms with Gasteiger partial charge in [-0.05, 0) is 69.2 Å². The lowest BCUT2D eigenvalue weighted by Gasteiger charge is -2.33. The number of nitrogens with zero attached hydrogens (tertiary/aromatic N) is 1. The summed E-state index contributed by atoms with van der Waals surface area (Å²) in [5.41, 5.74) is 7.43. The molecule has 26 heavy (non-hydrogen) atoms. The van der Waals surface area contributed by atoms with E-state index in [9.17, 15) is 9.59 Å². The van der Waals surface area contributed by atoms with Gasteiger partial charge in [-0.15, -0.1) is 0 Å². The van der Waals surface area contributed by atoms with E-state index in [0.29, 0.717) is 24.5 Å². The van der Waals surface area contributed by atoms with Crippen LogP contribution in [0, 0.1) is 5.92 Å². The second-order valence-corrected chi connectivity index (χ2v) is 7.39. The van der Waals surface area contributed by atoms with Crippen molar-refractivity contribution < 1.29 is 14.3 Å². The number of likely N-dealkylation sites (tertiary alicyclic amines) is 1. The molecule has 0 spiro atoms. The van der Waals surface area contributed by atoms with Crippen LogP contribution in [0.15, 0.2) is 24.3 Å². The Hall–Kier alpha value is -1.92. The lowest BCUT2D eigenvalue weighted by molar-refractivity contribution is -0.119. The van der Waals surface area contributed by atoms with Crippen molar-refractivity contribution >= 4 is 17.5 Å². The van der Waals surface area contributed by atoms with Gasteiger partial charge in [0.15, 0.2) is 0 Å². The Morgan fingerprint density at radius 2 is 1.85 bits per heavy atom. The van der Waals surface area contributed by atoms with E-state index in [4.69, 9.17) is 10.5 Å². The summed E-state index contributed by atoms with van der Waals surface area (Å²) < 4.78 is 5.32. The van der Waals surface area contributed by atoms with Crippen LogP contribution in [0.3, 0.4) is 0 Å². The fourth-order valence-corrected chi connectivity index (χ4v) is 3.78. The first-order valence-corrected chi connectivity index (χ1v) is 9.61. The Morgan fingerprint density at radius 3 is 2.50 bits per heavy atom. The molecule has 2 saturated heterocycles. The van der Waals surface area contributed by atoms with Gasteiger partial charge in [-0.1, -0.05) is 0 Å². The summed E-state index contributed by atoms with van der Waals surface area (Å²) in [6.45, 7) is 4.25. The number of ether oxygens (including phenoxy) is 1. The Labute approximate surface area is 155 Å². The number of carbonyl (C=O) groups is 2. The topological polar surface area (TPSA) is 84.7 Å². The second kappa shape index (κ2) is 8.64. The summed E-state index contributed by atoms with van der Waals surface area (Å²) in [6, 6.07) is 6.85. The van der Waals surface area contributed by atoms with Gasteiger partial charge in [0.05, 0.1) is 6.04 Å². The molecule has 6 nitrogen and oxygen atoms in total. The number of hydrogen-bond acceptors (Lipinski definition) is 4. The molecule has 142 valence electrons. The lowest BCUT2D eigenvalue weighted by Crippen LogP contribution is -2.44. The number of nitrogens with one attached hydrogen (secondary N) is 1. The average Bonchev–Trinajstić information content (AvgIpc) is 2.68. The van der Waals surface area contributed by atoms with Crippen molar-refractivity contribution in [2.24, 2.45) is 11.7 Å². The van der Waals surface area contributed by atoms with E-state index in [2.05, 4.69) is 12.2 Å². The maximum absolute atomic E-state index is 12.7. The van der Waals surface area contributed by atoms with Gasteiger partial charge in [-0.2, -0.15) is 0 Å². The van der Waals surface area contributed by atoms with Gasteiger partial charge < -0.3 is 20.7 Å². The summed E-state index contributed by atoms with van der Waals surface area (Å²) in [7, 11) is 0. The molecular formula is C20H29N3O3. The molecule has 1 aromatic rings. The third-order valence-electron chi connectivity index (χ3n) is 5.54. The first-order valence-electron chi connectivity index (χ1n) is 9.61. The van der Waals surface area contributed by atoms with Crippen LogP contribution in [0.25, 0.3) is 0 Å². The third-order valence-corrected chi connectivity index (χ3v) is 5.54. The van der Waals surface area contributed by atoms with E-state index in [0.717, 1.165) is 32.2 Å². The van der Waals surface area contributed by atoms with Gasteiger partial charge in [0.2, 0.25) is 5.91 Å². The zero-order valence-electron chi connectivity index (χ0n) is 15.4. The van der Waals surface area contributed by atoms with Crippen LogP contribution in [0.5, 0.6) is 0 Å². The number of nitrogens with two attached hydrogens (primary N) is 1. The maximum atomic E-state index is 12.7. The fourth-order valence-electron chi connectivity index (χ4n) is 3.78. The minimum Gasteiger partial charge on any atom is -0.381 e. The van der Waals surface area contributed by atoms with Gasteiger partial charge in [-0.25, -0.2) is 0 Å². The van der Waals surface area contributed by atoms with Gasteiger partial charge in [0.25, 0.3) is 5.91 Å². The summed E-state index contributed by atoms with van der Waals surface area (Å²) in [5, 5.41) is 2.86. The molecule has 0 bridgehead atoms. The van der Waals surface area contributed by atoms with Crippen LogP contribution in [0.1, 0.15) is 49.4 Å². The van der Waals surface area contributed by atoms with Crippen molar-refractivity contribution in [3.05, 3.63) is 29.8 Å². The number of piperidine rings is 1. The van der Waals surface area contributed by atoms with Crippen molar-refractivity contribution in [3.8, 4) is 0 Å². The summed E-state index contributed by atoms with van der Waals surface area (Å²) in [4.78, 5) is 27.0. The molecule has 2 aliphatic heterocycles. The second-order valence-electron chi connectivity index (χ2n) is 7.39. The van der Waals surface area contributed by atoms with E-state index >= 15 is 0 Å². The molecule has 2 heterocycles. The van der Waals surface area contributed by atoms with Crippen molar-refractivity contribution in [2.45, 2.75) is 51.1 Å². The Bertz CT molecular complexity index is 626. The number of amides is 2. The standard InChI is InChI=1S/C20H29N3O3/c1-14-4-2-3-11-23(14)20(25)16-5-7-17(8-6-16)22-19(24)18(21)15-9-12-26-13-10-15/h5-8,14-15,18H,2-4,9-13,21H2,1H3,(H,22,24). The van der Waals surface area contributed by atoms with Crippen LogP contribution in [-0.4, -0.2) is 48.6 Å². The molecule has 2 amide bonds. The SMILES string of the molecule is CC1CCCCN1C(=O)c1ccc(NC(=O)C(N)C2CCOCC2)cc1. The summed E-state index contributed by atoms with van der Waals surface area (Å²) in [6.07, 6.45) is 4.94. The molecule has 2 fully saturated rings. The predicted octanol–water partition coefficient (Wildman–Crippen LogP) is 2.39. The molecule has 0 aliphatic carbocycles. The summed E-state index contributed by atoms with van der Waals surface area (Å²) in [5.74, 6) is 0.0415. The van der Waals surface area contributed by atoms with Gasteiger partial charge >= 0.3 is 0 Å². The summed E-state index contributed by atoms with van der Waals surface area (Å²) >= 11 is 0. The fraction of sp³-hybridized carbons (Fsp3) is 0.600. The molecule has 2 unspecified atom stereocenters. The number of rotatable bonds is 4. The van der Waals surface area contributed by atoms with Crippen LogP contribution >= 0.6 is 0 Å². The van der Waals surface area contributed by atoms with E-state index < -0.39 is 6.04 Å². The highest BCUT2D eigenvalue weighted by Crippen LogP contribution is 2.21. The minimum atomic E-state index is -0.533. The van der Waals surface area contributed by atoms with E-state index in [1.807, 2.05) is 4.90 Å². The Balaban J connectivity index is 1.58. The number of benzene rings is 1. The molecule has 0 radical (unpaired) electrons. The highest BCUT2D eigenvalue weighted by Gasteiger charge is 2.27. The van der Waals surface area contributed by atoms with Gasteiger partial charge in [-0.3, -0.25) is 9.59 Å². The maximum Gasteiger partial charge on any atom is 0.254 e. The van der Waals surface area contributed by atoms with Crippen LogP contribution in [0.2, 0.25) is 0 Å². The molecule has 2 aliphatic rings. The molecule has 2 atom stereocenters. The van der Waals surface area contributed by atoms with Crippen molar-refractivity contribution in [1.82, 2.24) is 4.90 Å². The molecule has 3 rings (SSSR count). The van der Waals surface area contributed by atoms with Crippen molar-refractivity contribution in [1.29, 1.82) is 0 Å². The molecule has 6 heteroatoms. The highest BCUT2D eigenvalue weighted by atomic mass is 16.5. The zero-order chi connectivity index (χ0) is 18.5. The number of carbonyl (C=O) groups excluding carboxylic acids is 2. The van der Waals surface area contributed by atoms with Crippen LogP contribution in [0.4, 0.5) is 5.69 Å². The van der Waals surface area contributed by atoms with E-state index in [1.54, 1.807) is 24.3 Å². The van der Waals surface area contributed by atoms with Crippen LogP contribution < -0.4 is 11.1 Å². The predicted molar refractivity (Wildman–Crippen MR) is 101 cm³/mol. The normalized spacial score (nSPS) is 22.7. The van der Waals surface area contributed by atoms with Crippen molar-refractivity contribution in [3.63, 3.8) is 0 Å². The zero-order valence-corrected chi connectivity index (χ0v) is 15.4. The largest absolute Gasteiger partial charge is 0.381 e. The highest BCUT2D eigenvalue weighted by molar-refractivity contribution is 5.97. The smallest absolute Gasteiger partial charge is 0.254 e. The van der Waals surface area contributed by atoms with Gasteiger partial charge in [0, 0.05) is 37.1 Å². The first kappa shape index (κ1) is 18.9. The molecule has 1 aromatic carbocycles. The van der Waals surface area contributed by atoms with Gasteiger partial charge in [0.1, 0.15) is 0 Å². The molecule has 0 saturated carbocycles. The number of anilines is 1. The number of hydrogen-bond donors (Lipinski definition) is 2. The monoisotopic (exact) mass is 359 g/mol. The molecular weight excluding hydrogens is 330 g/mol. The molecule has 3 N–H and O–H groups in total. The Kier molecular flexibility index (Phi) is 6.27.